The number of hydrogen-bond donors (Lipinski definition) is 1. The van der Waals surface area contributed by atoms with Gasteiger partial charge in [-0.2, -0.15) is 5.26 Å². The summed E-state index contributed by atoms with van der Waals surface area (Å²) in [6.07, 6.45) is 2.93. The summed E-state index contributed by atoms with van der Waals surface area (Å²) in [6.45, 7) is 3.92. The predicted molar refractivity (Wildman–Crippen MR) is 52.8 cm³/mol. The summed E-state index contributed by atoms with van der Waals surface area (Å²) in [5.41, 5.74) is 2.93. The molecule has 0 radical (unpaired) electrons. The molecule has 0 unspecified atom stereocenters. The first kappa shape index (κ1) is 9.27. The van der Waals surface area contributed by atoms with E-state index >= 15 is 0 Å². The molecule has 1 rings (SSSR count). The molecule has 13 heavy (non-hydrogen) atoms. The van der Waals surface area contributed by atoms with Crippen LogP contribution in [0.25, 0.3) is 0 Å². The third kappa shape index (κ3) is 1.85. The normalized spacial score (nSPS) is 9.00. The molecule has 66 valence electrons. The summed E-state index contributed by atoms with van der Waals surface area (Å²) in [5.74, 6) is 0. The molecule has 0 saturated heterocycles. The van der Waals surface area contributed by atoms with Crippen molar-refractivity contribution in [1.82, 2.24) is 0 Å². The summed E-state index contributed by atoms with van der Waals surface area (Å²) < 4.78 is 0. The Hall–Kier alpha value is -1.82. The highest BCUT2D eigenvalue weighted by Crippen LogP contribution is 2.19. The summed E-state index contributed by atoms with van der Waals surface area (Å²) in [6, 6.07) is 5.76. The Morgan fingerprint density at radius 2 is 2.15 bits per heavy atom. The molecule has 0 aliphatic rings. The third-order valence-electron chi connectivity index (χ3n) is 1.85. The Morgan fingerprint density at radius 1 is 1.46 bits per heavy atom. The topological polar surface area (TPSA) is 50.9 Å². The van der Waals surface area contributed by atoms with Crippen molar-refractivity contribution in [2.75, 3.05) is 4.90 Å². The van der Waals surface area contributed by atoms with Crippen LogP contribution in [0.2, 0.25) is 0 Å². The monoisotopic (exact) mass is 173 g/mol. The first-order valence-electron chi connectivity index (χ1n) is 3.96. The van der Waals surface area contributed by atoms with Crippen LogP contribution in [0.3, 0.4) is 0 Å². The smallest absolute Gasteiger partial charge is 0.190 e. The Labute approximate surface area is 77.7 Å². The first-order valence-corrected chi connectivity index (χ1v) is 3.96. The van der Waals surface area contributed by atoms with Crippen molar-refractivity contribution in [2.45, 2.75) is 13.8 Å². The molecule has 0 fully saturated rings. The zero-order valence-corrected chi connectivity index (χ0v) is 7.70. The van der Waals surface area contributed by atoms with Gasteiger partial charge in [0.2, 0.25) is 0 Å². The molecule has 0 atom stereocenters. The molecule has 1 aromatic rings. The van der Waals surface area contributed by atoms with Crippen molar-refractivity contribution in [1.29, 1.82) is 10.7 Å². The number of benzene rings is 1. The van der Waals surface area contributed by atoms with Gasteiger partial charge in [0, 0.05) is 0 Å². The lowest BCUT2D eigenvalue weighted by molar-refractivity contribution is 1.27. The van der Waals surface area contributed by atoms with Gasteiger partial charge in [0.15, 0.2) is 6.19 Å². The average molecular weight is 173 g/mol. The number of rotatable bonds is 2. The van der Waals surface area contributed by atoms with Gasteiger partial charge < -0.3 is 0 Å². The molecule has 0 bridgehead atoms. The average Bonchev–Trinajstić information content (AvgIpc) is 2.10. The molecule has 1 aromatic carbocycles. The van der Waals surface area contributed by atoms with Crippen molar-refractivity contribution in [3.05, 3.63) is 29.3 Å². The SMILES string of the molecule is Cc1ccc(N(C#N)C=N)c(C)c1. The van der Waals surface area contributed by atoms with Crippen LogP contribution in [0, 0.1) is 30.7 Å². The fourth-order valence-corrected chi connectivity index (χ4v) is 1.23. The van der Waals surface area contributed by atoms with Crippen molar-refractivity contribution in [2.24, 2.45) is 0 Å². The fourth-order valence-electron chi connectivity index (χ4n) is 1.23. The van der Waals surface area contributed by atoms with E-state index in [9.17, 15) is 0 Å². The molecule has 0 saturated carbocycles. The molecule has 0 amide bonds. The lowest BCUT2D eigenvalue weighted by atomic mass is 10.1. The molecule has 0 aliphatic heterocycles. The maximum Gasteiger partial charge on any atom is 0.190 e. The zero-order valence-electron chi connectivity index (χ0n) is 7.70. The van der Waals surface area contributed by atoms with Crippen molar-refractivity contribution < 1.29 is 0 Å². The highest BCUT2D eigenvalue weighted by molar-refractivity contribution is 5.82. The van der Waals surface area contributed by atoms with Gasteiger partial charge in [-0.1, -0.05) is 17.7 Å². The van der Waals surface area contributed by atoms with Crippen molar-refractivity contribution in [3.63, 3.8) is 0 Å². The van der Waals surface area contributed by atoms with E-state index in [1.54, 1.807) is 0 Å². The molecule has 1 N–H and O–H groups in total. The minimum atomic E-state index is 0.767. The highest BCUT2D eigenvalue weighted by Gasteiger charge is 2.04. The second-order valence-corrected chi connectivity index (χ2v) is 2.89. The molecule has 0 heterocycles. The quantitative estimate of drug-likeness (QED) is 0.322. The molecule has 0 aromatic heterocycles. The van der Waals surface area contributed by atoms with Crippen LogP contribution in [0.1, 0.15) is 11.1 Å². The van der Waals surface area contributed by atoms with Gasteiger partial charge >= 0.3 is 0 Å². The number of hydrogen-bond acceptors (Lipinski definition) is 2. The van der Waals surface area contributed by atoms with Gasteiger partial charge in [0.1, 0.15) is 6.34 Å². The van der Waals surface area contributed by atoms with Crippen LogP contribution in [-0.4, -0.2) is 6.34 Å². The maximum atomic E-state index is 8.70. The van der Waals surface area contributed by atoms with Gasteiger partial charge in [-0.25, -0.2) is 4.90 Å². The van der Waals surface area contributed by atoms with E-state index in [-0.39, 0.29) is 0 Å². The summed E-state index contributed by atoms with van der Waals surface area (Å²) in [5, 5.41) is 15.7. The van der Waals surface area contributed by atoms with Crippen LogP contribution in [-0.2, 0) is 0 Å². The largest absolute Gasteiger partial charge is 0.290 e. The van der Waals surface area contributed by atoms with Crippen LogP contribution in [0.4, 0.5) is 5.69 Å². The maximum absolute atomic E-state index is 8.70. The minimum absolute atomic E-state index is 0.767. The van der Waals surface area contributed by atoms with Gasteiger partial charge in [0.25, 0.3) is 0 Å². The number of nitrogens with one attached hydrogen (secondary N) is 1. The van der Waals surface area contributed by atoms with E-state index in [4.69, 9.17) is 10.7 Å². The number of aryl methyl sites for hydroxylation is 2. The van der Waals surface area contributed by atoms with Crippen LogP contribution < -0.4 is 4.90 Å². The lowest BCUT2D eigenvalue weighted by Crippen LogP contribution is -2.13. The third-order valence-corrected chi connectivity index (χ3v) is 1.85. The Bertz CT molecular complexity index is 363. The summed E-state index contributed by atoms with van der Waals surface area (Å²) >= 11 is 0. The van der Waals surface area contributed by atoms with Gasteiger partial charge in [0.05, 0.1) is 5.69 Å². The fraction of sp³-hybridized carbons (Fsp3) is 0.200. The summed E-state index contributed by atoms with van der Waals surface area (Å²) in [4.78, 5) is 1.23. The summed E-state index contributed by atoms with van der Waals surface area (Å²) in [7, 11) is 0. The molecule has 3 heteroatoms. The Kier molecular flexibility index (Phi) is 2.65. The molecular formula is C10H11N3. The van der Waals surface area contributed by atoms with E-state index in [2.05, 4.69) is 0 Å². The van der Waals surface area contributed by atoms with E-state index in [0.717, 1.165) is 23.2 Å². The van der Waals surface area contributed by atoms with E-state index in [1.807, 2.05) is 38.2 Å². The zero-order chi connectivity index (χ0) is 9.84. The lowest BCUT2D eigenvalue weighted by Gasteiger charge is -2.11. The molecule has 0 aliphatic carbocycles. The number of anilines is 1. The van der Waals surface area contributed by atoms with Gasteiger partial charge in [-0.15, -0.1) is 0 Å². The van der Waals surface area contributed by atoms with Crippen molar-refractivity contribution in [3.8, 4) is 6.19 Å². The number of nitrogens with zero attached hydrogens (tertiary/aromatic N) is 2. The number of nitriles is 1. The van der Waals surface area contributed by atoms with Crippen LogP contribution >= 0.6 is 0 Å². The molecular weight excluding hydrogens is 162 g/mol. The van der Waals surface area contributed by atoms with Crippen LogP contribution in [0.15, 0.2) is 18.2 Å². The standard InChI is InChI=1S/C10H11N3/c1-8-3-4-10(9(2)5-8)13(6-11)7-12/h3-6,11H,1-2H3. The highest BCUT2D eigenvalue weighted by atomic mass is 15.1. The molecule has 3 nitrogen and oxygen atoms in total. The predicted octanol–water partition coefficient (Wildman–Crippen LogP) is 2.20. The van der Waals surface area contributed by atoms with E-state index < -0.39 is 0 Å². The van der Waals surface area contributed by atoms with Gasteiger partial charge in [-0.05, 0) is 25.5 Å². The second kappa shape index (κ2) is 3.72. The van der Waals surface area contributed by atoms with E-state index in [1.165, 1.54) is 4.90 Å². The Morgan fingerprint density at radius 3 is 2.62 bits per heavy atom. The Balaban J connectivity index is 3.16. The van der Waals surface area contributed by atoms with Crippen molar-refractivity contribution >= 4 is 12.0 Å². The minimum Gasteiger partial charge on any atom is -0.290 e. The van der Waals surface area contributed by atoms with E-state index in [0.29, 0.717) is 0 Å². The van der Waals surface area contributed by atoms with Crippen LogP contribution in [0.5, 0.6) is 0 Å². The second-order valence-electron chi connectivity index (χ2n) is 2.89. The molecule has 0 spiro atoms. The van der Waals surface area contributed by atoms with Gasteiger partial charge in [-0.3, -0.25) is 5.41 Å². The first-order chi connectivity index (χ1) is 6.19.